The molecule has 0 aliphatic rings. The Morgan fingerprint density at radius 2 is 0.828 bits per heavy atom. The number of carbonyl (C=O) groups is 9. The molecular weight excluding hydrogens is 762 g/mol. The maximum absolute atomic E-state index is 14.2. The number of amides is 3. The Morgan fingerprint density at radius 3 is 1.24 bits per heavy atom. The van der Waals surface area contributed by atoms with Crippen molar-refractivity contribution >= 4 is 53.5 Å². The Labute approximate surface area is 333 Å². The number of nitrogens with one attached hydrogen (secondary N) is 1. The van der Waals surface area contributed by atoms with Gasteiger partial charge in [0.05, 0.1) is 16.7 Å². The molecule has 0 atom stereocenters. The third-order valence-corrected chi connectivity index (χ3v) is 7.59. The van der Waals surface area contributed by atoms with Crippen molar-refractivity contribution in [2.75, 3.05) is 33.2 Å². The summed E-state index contributed by atoms with van der Waals surface area (Å²) in [4.78, 5) is 114. The lowest BCUT2D eigenvalue weighted by molar-refractivity contribution is -0.134. The molecule has 18 heteroatoms. The van der Waals surface area contributed by atoms with Gasteiger partial charge in [0.25, 0.3) is 17.7 Å². The number of carbonyl (C=O) groups excluding carboxylic acids is 9. The van der Waals surface area contributed by atoms with E-state index in [2.05, 4.69) is 5.32 Å². The van der Waals surface area contributed by atoms with Crippen molar-refractivity contribution in [2.45, 2.75) is 54.4 Å². The summed E-state index contributed by atoms with van der Waals surface area (Å²) in [6, 6.07) is 12.5. The van der Waals surface area contributed by atoms with Crippen molar-refractivity contribution in [1.29, 1.82) is 0 Å². The fraction of sp³-hybridized carbons (Fsp3) is 0.325. The first-order valence-electron chi connectivity index (χ1n) is 17.7. The molecule has 0 saturated heterocycles. The van der Waals surface area contributed by atoms with E-state index in [1.54, 1.807) is 0 Å². The van der Waals surface area contributed by atoms with Gasteiger partial charge < -0.3 is 43.5 Å². The molecule has 0 radical (unpaired) electrons. The fourth-order valence-corrected chi connectivity index (χ4v) is 5.37. The summed E-state index contributed by atoms with van der Waals surface area (Å²) in [5.74, 6) is -7.63. The second-order valence-corrected chi connectivity index (χ2v) is 12.4. The predicted octanol–water partition coefficient (Wildman–Crippen LogP) is 3.66. The number of rotatable bonds is 17. The van der Waals surface area contributed by atoms with Crippen LogP contribution in [-0.2, 0) is 28.8 Å². The molecule has 0 saturated carbocycles. The molecular formula is C40H43N3O15. The van der Waals surface area contributed by atoms with Gasteiger partial charge in [-0.2, -0.15) is 0 Å². The van der Waals surface area contributed by atoms with Crippen LogP contribution in [0.25, 0.3) is 0 Å². The Morgan fingerprint density at radius 1 is 0.466 bits per heavy atom. The highest BCUT2D eigenvalue weighted by molar-refractivity contribution is 6.00. The van der Waals surface area contributed by atoms with Gasteiger partial charge in [0.15, 0.2) is 34.5 Å². The highest BCUT2D eigenvalue weighted by Gasteiger charge is 2.27. The molecule has 0 aromatic heterocycles. The molecule has 1 N–H and O–H groups in total. The van der Waals surface area contributed by atoms with E-state index >= 15 is 0 Å². The van der Waals surface area contributed by atoms with Gasteiger partial charge in [-0.3, -0.25) is 43.2 Å². The van der Waals surface area contributed by atoms with Crippen molar-refractivity contribution < 1.29 is 71.6 Å². The van der Waals surface area contributed by atoms with Crippen molar-refractivity contribution in [2.24, 2.45) is 0 Å². The smallest absolute Gasteiger partial charge is 0.308 e. The van der Waals surface area contributed by atoms with Gasteiger partial charge in [0, 0.05) is 74.8 Å². The molecule has 0 aliphatic heterocycles. The minimum atomic E-state index is -0.792. The fourth-order valence-electron chi connectivity index (χ4n) is 5.37. The van der Waals surface area contributed by atoms with Gasteiger partial charge in [0.2, 0.25) is 0 Å². The zero-order valence-corrected chi connectivity index (χ0v) is 33.0. The van der Waals surface area contributed by atoms with Gasteiger partial charge in [-0.05, 0) is 49.2 Å². The monoisotopic (exact) mass is 805 g/mol. The van der Waals surface area contributed by atoms with Gasteiger partial charge in [-0.25, -0.2) is 0 Å². The molecule has 308 valence electrons. The van der Waals surface area contributed by atoms with E-state index in [1.165, 1.54) is 71.4 Å². The van der Waals surface area contributed by atoms with Gasteiger partial charge in [-0.1, -0.05) is 18.2 Å². The SMILES string of the molecule is CC(=O)Oc1cccc(C(=O)NCCCN(CCCN(C)C(=O)c2cccc(OC(C)=O)c2OC(C)=O)C(=O)c2cccc(OC(C)=O)c2OC(C)=O)c1OC(C)=O. The summed E-state index contributed by atoms with van der Waals surface area (Å²) in [5, 5.41) is 2.68. The van der Waals surface area contributed by atoms with Crippen LogP contribution in [0.1, 0.15) is 85.5 Å². The van der Waals surface area contributed by atoms with Crippen LogP contribution in [0.15, 0.2) is 54.6 Å². The lowest BCUT2D eigenvalue weighted by Gasteiger charge is -2.26. The van der Waals surface area contributed by atoms with Gasteiger partial charge in [-0.15, -0.1) is 0 Å². The number of esters is 6. The molecule has 3 amide bonds. The van der Waals surface area contributed by atoms with E-state index in [9.17, 15) is 43.2 Å². The lowest BCUT2D eigenvalue weighted by atomic mass is 10.1. The number of ether oxygens (including phenoxy) is 6. The number of hydrogen-bond donors (Lipinski definition) is 1. The first kappa shape index (κ1) is 45.3. The summed E-state index contributed by atoms with van der Waals surface area (Å²) < 4.78 is 31.2. The van der Waals surface area contributed by atoms with E-state index in [0.29, 0.717) is 0 Å². The van der Waals surface area contributed by atoms with E-state index in [1.807, 2.05) is 0 Å². The van der Waals surface area contributed by atoms with Crippen LogP contribution in [0.4, 0.5) is 0 Å². The Bertz CT molecular complexity index is 2090. The van der Waals surface area contributed by atoms with Crippen LogP contribution < -0.4 is 33.7 Å². The molecule has 0 unspecified atom stereocenters. The molecule has 0 fully saturated rings. The number of nitrogens with zero attached hydrogens (tertiary/aromatic N) is 2. The minimum Gasteiger partial charge on any atom is -0.423 e. The lowest BCUT2D eigenvalue weighted by Crippen LogP contribution is -2.37. The summed E-state index contributed by atoms with van der Waals surface area (Å²) in [5.41, 5.74) is -0.286. The molecule has 3 rings (SSSR count). The Kier molecular flexibility index (Phi) is 16.6. The van der Waals surface area contributed by atoms with Crippen LogP contribution in [0, 0.1) is 0 Å². The average Bonchev–Trinajstić information content (AvgIpc) is 3.12. The second kappa shape index (κ2) is 21.3. The molecule has 0 spiro atoms. The van der Waals surface area contributed by atoms with E-state index < -0.39 is 53.5 Å². The maximum atomic E-state index is 14.2. The third kappa shape index (κ3) is 13.3. The topological polar surface area (TPSA) is 228 Å². The maximum Gasteiger partial charge on any atom is 0.308 e. The van der Waals surface area contributed by atoms with Crippen LogP contribution in [0.3, 0.4) is 0 Å². The Balaban J connectivity index is 1.87. The largest absolute Gasteiger partial charge is 0.423 e. The van der Waals surface area contributed by atoms with Crippen LogP contribution in [0.2, 0.25) is 0 Å². The highest BCUT2D eigenvalue weighted by Crippen LogP contribution is 2.35. The van der Waals surface area contributed by atoms with Crippen LogP contribution >= 0.6 is 0 Å². The first-order valence-corrected chi connectivity index (χ1v) is 17.7. The molecule has 18 nitrogen and oxygen atoms in total. The average molecular weight is 806 g/mol. The molecule has 0 bridgehead atoms. The van der Waals surface area contributed by atoms with E-state index in [0.717, 1.165) is 41.5 Å². The van der Waals surface area contributed by atoms with Crippen LogP contribution in [0.5, 0.6) is 34.5 Å². The Hall–Kier alpha value is -7.11. The standard InChI is InChI=1S/C40H43N3O15/c1-23(44)53-32-16-8-13-29(35(32)56-26(4)47)38(50)41-19-11-21-43(40(52)31-15-10-18-34(55-25(3)46)37(31)58-28(6)49)22-12-20-42(7)39(51)30-14-9-17-33(54-24(2)45)36(30)57-27(5)48/h8-10,13-18H,11-12,19-22H2,1-7H3,(H,41,50). The van der Waals surface area contributed by atoms with E-state index in [4.69, 9.17) is 28.4 Å². The second-order valence-electron chi connectivity index (χ2n) is 12.4. The molecule has 3 aromatic rings. The highest BCUT2D eigenvalue weighted by atomic mass is 16.6. The van der Waals surface area contributed by atoms with Crippen molar-refractivity contribution in [3.63, 3.8) is 0 Å². The van der Waals surface area contributed by atoms with Crippen molar-refractivity contribution in [3.8, 4) is 34.5 Å². The first-order chi connectivity index (χ1) is 27.4. The predicted molar refractivity (Wildman–Crippen MR) is 202 cm³/mol. The normalized spacial score (nSPS) is 10.3. The number of benzene rings is 3. The van der Waals surface area contributed by atoms with E-state index in [-0.39, 0.29) is 90.2 Å². The summed E-state index contributed by atoms with van der Waals surface area (Å²) >= 11 is 0. The van der Waals surface area contributed by atoms with Crippen molar-refractivity contribution in [1.82, 2.24) is 15.1 Å². The van der Waals surface area contributed by atoms with Crippen LogP contribution in [-0.4, -0.2) is 96.6 Å². The minimum absolute atomic E-state index is 0.000596. The molecule has 58 heavy (non-hydrogen) atoms. The summed E-state index contributed by atoms with van der Waals surface area (Å²) in [7, 11) is 1.47. The number of hydrogen-bond acceptors (Lipinski definition) is 15. The summed E-state index contributed by atoms with van der Waals surface area (Å²) in [6.45, 7) is 6.81. The third-order valence-electron chi connectivity index (χ3n) is 7.59. The summed E-state index contributed by atoms with van der Waals surface area (Å²) in [6.07, 6.45) is 0.327. The molecule has 3 aromatic carbocycles. The molecule has 0 heterocycles. The molecule has 0 aliphatic carbocycles. The van der Waals surface area contributed by atoms with Gasteiger partial charge in [0.1, 0.15) is 0 Å². The zero-order valence-electron chi connectivity index (χ0n) is 33.0. The van der Waals surface area contributed by atoms with Gasteiger partial charge >= 0.3 is 35.8 Å². The number of para-hydroxylation sites is 3. The quantitative estimate of drug-likeness (QED) is 0.117. The van der Waals surface area contributed by atoms with Crippen molar-refractivity contribution in [3.05, 3.63) is 71.3 Å². The zero-order chi connectivity index (χ0) is 43.1.